The van der Waals surface area contributed by atoms with Crippen molar-refractivity contribution in [3.8, 4) is 0 Å². The number of nitrogens with one attached hydrogen (secondary N) is 1. The van der Waals surface area contributed by atoms with Gasteiger partial charge in [-0.3, -0.25) is 0 Å². The van der Waals surface area contributed by atoms with Crippen LogP contribution in [-0.2, 0) is 10.0 Å². The van der Waals surface area contributed by atoms with Crippen molar-refractivity contribution in [2.24, 2.45) is 5.92 Å². The van der Waals surface area contributed by atoms with Crippen molar-refractivity contribution in [3.05, 3.63) is 0 Å². The van der Waals surface area contributed by atoms with Gasteiger partial charge in [0.05, 0.1) is 5.25 Å². The molecule has 1 aliphatic carbocycles. The van der Waals surface area contributed by atoms with Crippen LogP contribution in [0.25, 0.3) is 0 Å². The SMILES string of the molecule is C[C@@H](NC1CCN(S(=O)(=O)C2CC2)CC1)C1CCN(C)CC1. The van der Waals surface area contributed by atoms with E-state index >= 15 is 0 Å². The van der Waals surface area contributed by atoms with E-state index in [0.717, 1.165) is 31.6 Å². The van der Waals surface area contributed by atoms with Crippen LogP contribution in [0.1, 0.15) is 45.4 Å². The van der Waals surface area contributed by atoms with Crippen molar-refractivity contribution in [2.45, 2.75) is 62.8 Å². The standard InChI is InChI=1S/C16H31N3O2S/c1-13(14-5-9-18(2)10-6-14)17-15-7-11-19(12-8-15)22(20,21)16-3-4-16/h13-17H,3-12H2,1-2H3/t13-/m1/s1. The van der Waals surface area contributed by atoms with Gasteiger partial charge in [-0.2, -0.15) is 0 Å². The van der Waals surface area contributed by atoms with Crippen molar-refractivity contribution in [3.63, 3.8) is 0 Å². The molecule has 128 valence electrons. The summed E-state index contributed by atoms with van der Waals surface area (Å²) in [4.78, 5) is 2.41. The number of piperidine rings is 2. The van der Waals surface area contributed by atoms with Gasteiger partial charge in [0.25, 0.3) is 0 Å². The number of hydrogen-bond donors (Lipinski definition) is 1. The fourth-order valence-corrected chi connectivity index (χ4v) is 5.76. The molecule has 6 heteroatoms. The highest BCUT2D eigenvalue weighted by molar-refractivity contribution is 7.90. The van der Waals surface area contributed by atoms with E-state index < -0.39 is 10.0 Å². The smallest absolute Gasteiger partial charge is 0.216 e. The van der Waals surface area contributed by atoms with Gasteiger partial charge in [-0.15, -0.1) is 0 Å². The predicted octanol–water partition coefficient (Wildman–Crippen LogP) is 1.26. The summed E-state index contributed by atoms with van der Waals surface area (Å²) < 4.78 is 26.3. The third-order valence-electron chi connectivity index (χ3n) is 5.73. The Kier molecular flexibility index (Phi) is 5.12. The summed E-state index contributed by atoms with van der Waals surface area (Å²) in [6, 6.07) is 1.03. The molecule has 1 N–H and O–H groups in total. The molecule has 2 saturated heterocycles. The Morgan fingerprint density at radius 3 is 2.09 bits per heavy atom. The second-order valence-electron chi connectivity index (χ2n) is 7.51. The largest absolute Gasteiger partial charge is 0.311 e. The number of hydrogen-bond acceptors (Lipinski definition) is 4. The molecular weight excluding hydrogens is 298 g/mol. The highest BCUT2D eigenvalue weighted by Crippen LogP contribution is 2.32. The molecule has 0 radical (unpaired) electrons. The van der Waals surface area contributed by atoms with Gasteiger partial charge < -0.3 is 10.2 Å². The van der Waals surface area contributed by atoms with Crippen molar-refractivity contribution in [1.82, 2.24) is 14.5 Å². The molecule has 2 aliphatic heterocycles. The zero-order valence-corrected chi connectivity index (χ0v) is 14.8. The highest BCUT2D eigenvalue weighted by Gasteiger charge is 2.41. The maximum atomic E-state index is 12.3. The van der Waals surface area contributed by atoms with Gasteiger partial charge in [0, 0.05) is 25.2 Å². The summed E-state index contributed by atoms with van der Waals surface area (Å²) >= 11 is 0. The van der Waals surface area contributed by atoms with E-state index in [-0.39, 0.29) is 5.25 Å². The molecular formula is C16H31N3O2S. The summed E-state index contributed by atoms with van der Waals surface area (Å²) in [6.07, 6.45) is 6.21. The first-order valence-corrected chi connectivity index (χ1v) is 10.4. The molecule has 1 atom stereocenters. The molecule has 3 aliphatic rings. The average molecular weight is 330 g/mol. The molecule has 0 aromatic heterocycles. The predicted molar refractivity (Wildman–Crippen MR) is 89.4 cm³/mol. The summed E-state index contributed by atoms with van der Waals surface area (Å²) in [5, 5.41) is 3.72. The molecule has 0 aromatic rings. The molecule has 0 amide bonds. The minimum atomic E-state index is -2.97. The summed E-state index contributed by atoms with van der Waals surface area (Å²) in [7, 11) is -0.769. The number of rotatable bonds is 5. The van der Waals surface area contributed by atoms with Gasteiger partial charge in [-0.25, -0.2) is 12.7 Å². The molecule has 3 fully saturated rings. The Balaban J connectivity index is 1.43. The zero-order chi connectivity index (χ0) is 15.7. The lowest BCUT2D eigenvalue weighted by Gasteiger charge is -2.37. The Labute approximate surface area is 135 Å². The lowest BCUT2D eigenvalue weighted by molar-refractivity contribution is 0.174. The second-order valence-corrected chi connectivity index (χ2v) is 9.73. The third kappa shape index (κ3) is 3.83. The van der Waals surface area contributed by atoms with E-state index in [1.54, 1.807) is 4.31 Å². The molecule has 0 unspecified atom stereocenters. The lowest BCUT2D eigenvalue weighted by Crippen LogP contribution is -2.50. The fraction of sp³-hybridized carbons (Fsp3) is 1.00. The first-order chi connectivity index (χ1) is 10.5. The van der Waals surface area contributed by atoms with Gasteiger partial charge in [-0.05, 0) is 71.5 Å². The average Bonchev–Trinajstić information content (AvgIpc) is 3.33. The normalized spacial score (nSPS) is 28.8. The molecule has 0 bridgehead atoms. The highest BCUT2D eigenvalue weighted by atomic mass is 32.2. The van der Waals surface area contributed by atoms with Crippen molar-refractivity contribution < 1.29 is 8.42 Å². The fourth-order valence-electron chi connectivity index (χ4n) is 3.89. The maximum absolute atomic E-state index is 12.3. The first kappa shape index (κ1) is 16.7. The van der Waals surface area contributed by atoms with E-state index in [9.17, 15) is 8.42 Å². The molecule has 0 spiro atoms. The topological polar surface area (TPSA) is 52.7 Å². The van der Waals surface area contributed by atoms with Crippen LogP contribution in [0.15, 0.2) is 0 Å². The minimum absolute atomic E-state index is 0.0600. The van der Waals surface area contributed by atoms with E-state index in [4.69, 9.17) is 0 Å². The van der Waals surface area contributed by atoms with Gasteiger partial charge in [0.2, 0.25) is 10.0 Å². The Hall–Kier alpha value is -0.170. The monoisotopic (exact) mass is 329 g/mol. The number of likely N-dealkylation sites (tertiary alicyclic amines) is 1. The first-order valence-electron chi connectivity index (χ1n) is 8.90. The molecule has 3 rings (SSSR count). The molecule has 1 saturated carbocycles. The summed E-state index contributed by atoms with van der Waals surface area (Å²) in [5.41, 5.74) is 0. The Bertz CT molecular complexity index is 462. The third-order valence-corrected chi connectivity index (χ3v) is 8.13. The lowest BCUT2D eigenvalue weighted by atomic mass is 9.89. The van der Waals surface area contributed by atoms with Crippen LogP contribution >= 0.6 is 0 Å². The molecule has 2 heterocycles. The summed E-state index contributed by atoms with van der Waals surface area (Å²) in [6.45, 7) is 6.13. The van der Waals surface area contributed by atoms with Crippen LogP contribution in [0, 0.1) is 5.92 Å². The number of nitrogens with zero attached hydrogens (tertiary/aromatic N) is 2. The van der Waals surface area contributed by atoms with Crippen LogP contribution in [0.3, 0.4) is 0 Å². The Morgan fingerprint density at radius 2 is 1.55 bits per heavy atom. The van der Waals surface area contributed by atoms with Crippen LogP contribution in [0.5, 0.6) is 0 Å². The Morgan fingerprint density at radius 1 is 0.955 bits per heavy atom. The van der Waals surface area contributed by atoms with Crippen molar-refractivity contribution >= 4 is 10.0 Å². The van der Waals surface area contributed by atoms with E-state index in [1.165, 1.54) is 25.9 Å². The van der Waals surface area contributed by atoms with Gasteiger partial charge in [-0.1, -0.05) is 0 Å². The van der Waals surface area contributed by atoms with Crippen LogP contribution in [-0.4, -0.2) is 68.2 Å². The van der Waals surface area contributed by atoms with Gasteiger partial charge >= 0.3 is 0 Å². The van der Waals surface area contributed by atoms with Crippen LogP contribution in [0.2, 0.25) is 0 Å². The van der Waals surface area contributed by atoms with Gasteiger partial charge in [0.1, 0.15) is 0 Å². The van der Waals surface area contributed by atoms with Crippen molar-refractivity contribution in [2.75, 3.05) is 33.2 Å². The second kappa shape index (κ2) is 6.75. The van der Waals surface area contributed by atoms with Crippen LogP contribution < -0.4 is 5.32 Å². The molecule has 0 aromatic carbocycles. The number of sulfonamides is 1. The van der Waals surface area contributed by atoms with E-state index in [2.05, 4.69) is 24.2 Å². The van der Waals surface area contributed by atoms with Crippen molar-refractivity contribution in [1.29, 1.82) is 0 Å². The quantitative estimate of drug-likeness (QED) is 0.825. The molecule has 5 nitrogen and oxygen atoms in total. The van der Waals surface area contributed by atoms with E-state index in [0.29, 0.717) is 25.2 Å². The van der Waals surface area contributed by atoms with Gasteiger partial charge in [0.15, 0.2) is 0 Å². The minimum Gasteiger partial charge on any atom is -0.311 e. The maximum Gasteiger partial charge on any atom is 0.216 e. The van der Waals surface area contributed by atoms with Crippen LogP contribution in [0.4, 0.5) is 0 Å². The van der Waals surface area contributed by atoms with E-state index in [1.807, 2.05) is 0 Å². The molecule has 22 heavy (non-hydrogen) atoms. The zero-order valence-electron chi connectivity index (χ0n) is 14.0. The summed E-state index contributed by atoms with van der Waals surface area (Å²) in [5.74, 6) is 0.768.